The van der Waals surface area contributed by atoms with Gasteiger partial charge in [-0.2, -0.15) is 0 Å². The smallest absolute Gasteiger partial charge is 0.257 e. The standard InChI is InChI=1S/C22H31N3O3/c1-15(2)9-10-16(3)23-19(26)12-14-24-21(28)17-7-5-6-8-18(17)25-20(27)11-13-22(24,25)4/h5-8,15-16H,9-14H2,1-4H3,(H,23,26). The van der Waals surface area contributed by atoms with E-state index in [0.717, 1.165) is 12.8 Å². The molecule has 0 saturated carbocycles. The van der Waals surface area contributed by atoms with Gasteiger partial charge in [0.2, 0.25) is 11.8 Å². The van der Waals surface area contributed by atoms with Gasteiger partial charge in [-0.05, 0) is 51.2 Å². The first-order chi connectivity index (χ1) is 13.2. The first kappa shape index (κ1) is 20.4. The van der Waals surface area contributed by atoms with Gasteiger partial charge in [0.25, 0.3) is 5.91 Å². The minimum Gasteiger partial charge on any atom is -0.354 e. The Morgan fingerprint density at radius 3 is 2.61 bits per heavy atom. The maximum atomic E-state index is 13.1. The number of rotatable bonds is 7. The van der Waals surface area contributed by atoms with E-state index in [2.05, 4.69) is 19.2 Å². The molecule has 3 rings (SSSR count). The molecule has 0 radical (unpaired) electrons. The van der Waals surface area contributed by atoms with Gasteiger partial charge in [-0.15, -0.1) is 0 Å². The summed E-state index contributed by atoms with van der Waals surface area (Å²) in [5.74, 6) is 0.475. The van der Waals surface area contributed by atoms with E-state index in [4.69, 9.17) is 0 Å². The third-order valence-corrected chi connectivity index (χ3v) is 5.89. The summed E-state index contributed by atoms with van der Waals surface area (Å²) < 4.78 is 0. The lowest BCUT2D eigenvalue weighted by Crippen LogP contribution is -2.62. The maximum Gasteiger partial charge on any atom is 0.257 e. The average Bonchev–Trinajstić information content (AvgIpc) is 2.95. The van der Waals surface area contributed by atoms with E-state index in [9.17, 15) is 14.4 Å². The van der Waals surface area contributed by atoms with Crippen LogP contribution in [0.2, 0.25) is 0 Å². The van der Waals surface area contributed by atoms with E-state index >= 15 is 0 Å². The number of anilines is 1. The Balaban J connectivity index is 1.71. The predicted molar refractivity (Wildman–Crippen MR) is 109 cm³/mol. The van der Waals surface area contributed by atoms with Crippen LogP contribution in [0.3, 0.4) is 0 Å². The topological polar surface area (TPSA) is 69.7 Å². The van der Waals surface area contributed by atoms with Gasteiger partial charge in [0.1, 0.15) is 5.66 Å². The third kappa shape index (κ3) is 3.77. The molecular formula is C22H31N3O3. The number of hydrogen-bond donors (Lipinski definition) is 1. The van der Waals surface area contributed by atoms with Crippen molar-refractivity contribution in [3.05, 3.63) is 29.8 Å². The van der Waals surface area contributed by atoms with Gasteiger partial charge in [-0.1, -0.05) is 26.0 Å². The monoisotopic (exact) mass is 385 g/mol. The number of amides is 3. The number of benzene rings is 1. The van der Waals surface area contributed by atoms with E-state index in [-0.39, 0.29) is 30.2 Å². The molecule has 6 nitrogen and oxygen atoms in total. The van der Waals surface area contributed by atoms with Crippen molar-refractivity contribution < 1.29 is 14.4 Å². The Bertz CT molecular complexity index is 776. The molecule has 0 aromatic heterocycles. The van der Waals surface area contributed by atoms with Gasteiger partial charge in [0, 0.05) is 25.4 Å². The van der Waals surface area contributed by atoms with E-state index < -0.39 is 5.66 Å². The van der Waals surface area contributed by atoms with E-state index in [1.165, 1.54) is 0 Å². The van der Waals surface area contributed by atoms with Gasteiger partial charge in [-0.3, -0.25) is 19.3 Å². The SMILES string of the molecule is CC(C)CCC(C)NC(=O)CCN1C(=O)c2ccccc2N2C(=O)CCC12C. The Labute approximate surface area is 167 Å². The quantitative estimate of drug-likeness (QED) is 0.783. The molecule has 152 valence electrons. The van der Waals surface area contributed by atoms with Crippen LogP contribution in [-0.4, -0.2) is 40.9 Å². The molecule has 1 fully saturated rings. The largest absolute Gasteiger partial charge is 0.354 e. The molecule has 1 aromatic carbocycles. The second-order valence-electron chi connectivity index (χ2n) is 8.61. The molecule has 2 aliphatic heterocycles. The molecule has 6 heteroatoms. The number of carbonyl (C=O) groups excluding carboxylic acids is 3. The summed E-state index contributed by atoms with van der Waals surface area (Å²) in [4.78, 5) is 41.6. The predicted octanol–water partition coefficient (Wildman–Crippen LogP) is 3.32. The van der Waals surface area contributed by atoms with E-state index in [1.807, 2.05) is 26.0 Å². The molecule has 3 amide bonds. The normalized spacial score (nSPS) is 22.3. The first-order valence-corrected chi connectivity index (χ1v) is 10.3. The van der Waals surface area contributed by atoms with Gasteiger partial charge < -0.3 is 10.2 Å². The molecule has 0 aliphatic carbocycles. The molecule has 2 aliphatic rings. The summed E-state index contributed by atoms with van der Waals surface area (Å²) in [5.41, 5.74) is 0.507. The molecule has 0 bridgehead atoms. The van der Waals surface area contributed by atoms with Crippen LogP contribution in [0.25, 0.3) is 0 Å². The first-order valence-electron chi connectivity index (χ1n) is 10.3. The molecule has 2 atom stereocenters. The Kier molecular flexibility index (Phi) is 5.77. The molecule has 0 spiro atoms. The van der Waals surface area contributed by atoms with Crippen LogP contribution < -0.4 is 10.2 Å². The van der Waals surface area contributed by atoms with E-state index in [0.29, 0.717) is 36.6 Å². The van der Waals surface area contributed by atoms with Crippen LogP contribution >= 0.6 is 0 Å². The molecular weight excluding hydrogens is 354 g/mol. The van der Waals surface area contributed by atoms with Crippen LogP contribution in [0.5, 0.6) is 0 Å². The Hall–Kier alpha value is -2.37. The highest BCUT2D eigenvalue weighted by Gasteiger charge is 2.52. The van der Waals surface area contributed by atoms with E-state index in [1.54, 1.807) is 21.9 Å². The summed E-state index contributed by atoms with van der Waals surface area (Å²) >= 11 is 0. The summed E-state index contributed by atoms with van der Waals surface area (Å²) in [7, 11) is 0. The highest BCUT2D eigenvalue weighted by Crippen LogP contribution is 2.43. The molecule has 1 N–H and O–H groups in total. The Morgan fingerprint density at radius 2 is 1.89 bits per heavy atom. The molecule has 2 heterocycles. The molecule has 1 aromatic rings. The van der Waals surface area contributed by atoms with Crippen LogP contribution in [0.4, 0.5) is 5.69 Å². The van der Waals surface area contributed by atoms with Crippen molar-refractivity contribution in [3.8, 4) is 0 Å². The molecule has 1 saturated heterocycles. The highest BCUT2D eigenvalue weighted by atomic mass is 16.2. The number of para-hydroxylation sites is 1. The fourth-order valence-electron chi connectivity index (χ4n) is 4.26. The summed E-state index contributed by atoms with van der Waals surface area (Å²) in [5, 5.41) is 3.03. The fourth-order valence-corrected chi connectivity index (χ4v) is 4.26. The summed E-state index contributed by atoms with van der Waals surface area (Å²) in [6.07, 6.45) is 3.24. The van der Waals surface area contributed by atoms with Crippen molar-refractivity contribution in [3.63, 3.8) is 0 Å². The van der Waals surface area contributed by atoms with Crippen LogP contribution in [0.15, 0.2) is 24.3 Å². The fraction of sp³-hybridized carbons (Fsp3) is 0.591. The lowest BCUT2D eigenvalue weighted by Gasteiger charge is -2.48. The lowest BCUT2D eigenvalue weighted by molar-refractivity contribution is -0.122. The zero-order valence-electron chi connectivity index (χ0n) is 17.3. The van der Waals surface area contributed by atoms with Crippen molar-refractivity contribution in [1.82, 2.24) is 10.2 Å². The minimum absolute atomic E-state index is 0.0270. The zero-order valence-corrected chi connectivity index (χ0v) is 17.3. The molecule has 2 unspecified atom stereocenters. The summed E-state index contributed by atoms with van der Waals surface area (Å²) in [6, 6.07) is 7.35. The second-order valence-corrected chi connectivity index (χ2v) is 8.61. The van der Waals surface area contributed by atoms with Gasteiger partial charge in [-0.25, -0.2) is 0 Å². The Morgan fingerprint density at radius 1 is 1.18 bits per heavy atom. The third-order valence-electron chi connectivity index (χ3n) is 5.89. The lowest BCUT2D eigenvalue weighted by atomic mass is 9.98. The number of carbonyl (C=O) groups is 3. The number of nitrogens with zero attached hydrogens (tertiary/aromatic N) is 2. The van der Waals surface area contributed by atoms with Gasteiger partial charge >= 0.3 is 0 Å². The highest BCUT2D eigenvalue weighted by molar-refractivity contribution is 6.10. The van der Waals surface area contributed by atoms with Crippen LogP contribution in [0.1, 0.15) is 70.2 Å². The maximum absolute atomic E-state index is 13.1. The average molecular weight is 386 g/mol. The summed E-state index contributed by atoms with van der Waals surface area (Å²) in [6.45, 7) is 8.58. The zero-order chi connectivity index (χ0) is 20.5. The number of hydrogen-bond acceptors (Lipinski definition) is 3. The van der Waals surface area contributed by atoms with Crippen LogP contribution in [-0.2, 0) is 9.59 Å². The van der Waals surface area contributed by atoms with Crippen molar-refractivity contribution in [2.45, 2.75) is 71.5 Å². The van der Waals surface area contributed by atoms with Crippen molar-refractivity contribution >= 4 is 23.4 Å². The number of fused-ring (bicyclic) bond motifs is 3. The van der Waals surface area contributed by atoms with Crippen molar-refractivity contribution in [1.29, 1.82) is 0 Å². The van der Waals surface area contributed by atoms with Crippen molar-refractivity contribution in [2.75, 3.05) is 11.4 Å². The van der Waals surface area contributed by atoms with Crippen LogP contribution in [0, 0.1) is 5.92 Å². The minimum atomic E-state index is -0.702. The molecule has 28 heavy (non-hydrogen) atoms. The van der Waals surface area contributed by atoms with Gasteiger partial charge in [0.15, 0.2) is 0 Å². The second kappa shape index (κ2) is 7.94. The van der Waals surface area contributed by atoms with Crippen molar-refractivity contribution in [2.24, 2.45) is 5.92 Å². The van der Waals surface area contributed by atoms with Gasteiger partial charge in [0.05, 0.1) is 11.3 Å². The number of nitrogens with one attached hydrogen (secondary N) is 1.